The highest BCUT2D eigenvalue weighted by molar-refractivity contribution is 6.34. The molecule has 2 heterocycles. The number of hydrogen-bond donors (Lipinski definition) is 2. The van der Waals surface area contributed by atoms with Crippen molar-refractivity contribution in [1.29, 1.82) is 0 Å². The maximum atomic E-state index is 12.8. The summed E-state index contributed by atoms with van der Waals surface area (Å²) >= 11 is 6.18. The molecule has 128 valence electrons. The van der Waals surface area contributed by atoms with Crippen LogP contribution in [0.3, 0.4) is 0 Å². The molecule has 2 fully saturated rings. The fourth-order valence-electron chi connectivity index (χ4n) is 3.28. The van der Waals surface area contributed by atoms with E-state index in [1.807, 2.05) is 0 Å². The minimum absolute atomic E-state index is 0.247. The Bertz CT molecular complexity index is 709. The van der Waals surface area contributed by atoms with Crippen molar-refractivity contribution in [2.45, 2.75) is 19.4 Å². The maximum absolute atomic E-state index is 12.8. The molecule has 0 spiro atoms. The molecule has 3 rings (SSSR count). The topological polar surface area (TPSA) is 89.9 Å². The van der Waals surface area contributed by atoms with Crippen molar-refractivity contribution in [3.63, 3.8) is 0 Å². The minimum atomic E-state index is -0.886. The van der Waals surface area contributed by atoms with Gasteiger partial charge in [0.25, 0.3) is 5.91 Å². The fourth-order valence-corrected chi connectivity index (χ4v) is 3.50. The summed E-state index contributed by atoms with van der Waals surface area (Å²) in [5.74, 6) is -1.68. The number of carboxylic acid groups (broad SMARTS) is 1. The summed E-state index contributed by atoms with van der Waals surface area (Å²) in [6.07, 6.45) is 0.442. The zero-order valence-electron chi connectivity index (χ0n) is 13.2. The van der Waals surface area contributed by atoms with Gasteiger partial charge >= 0.3 is 12.0 Å². The number of benzene rings is 1. The van der Waals surface area contributed by atoms with E-state index in [4.69, 9.17) is 11.6 Å². The van der Waals surface area contributed by atoms with Crippen molar-refractivity contribution >= 4 is 35.2 Å². The van der Waals surface area contributed by atoms with Gasteiger partial charge in [-0.25, -0.2) is 4.79 Å². The number of halogens is 1. The lowest BCUT2D eigenvalue weighted by Crippen LogP contribution is -2.37. The Hall–Kier alpha value is -2.28. The fraction of sp³-hybridized carbons (Fsp3) is 0.438. The van der Waals surface area contributed by atoms with Crippen molar-refractivity contribution in [3.8, 4) is 0 Å². The number of amides is 3. The molecule has 0 bridgehead atoms. The summed E-state index contributed by atoms with van der Waals surface area (Å²) in [6, 6.07) is 4.16. The van der Waals surface area contributed by atoms with Crippen LogP contribution in [0.2, 0.25) is 5.02 Å². The van der Waals surface area contributed by atoms with Gasteiger partial charge < -0.3 is 15.3 Å². The highest BCUT2D eigenvalue weighted by Gasteiger charge is 2.38. The first-order chi connectivity index (χ1) is 11.4. The molecule has 0 saturated carbocycles. The first-order valence-electron chi connectivity index (χ1n) is 7.79. The number of urea groups is 1. The molecule has 0 aliphatic carbocycles. The summed E-state index contributed by atoms with van der Waals surface area (Å²) in [7, 11) is 0. The number of anilines is 1. The lowest BCUT2D eigenvalue weighted by atomic mass is 10.0. The van der Waals surface area contributed by atoms with Crippen molar-refractivity contribution in [2.24, 2.45) is 5.92 Å². The maximum Gasteiger partial charge on any atom is 0.322 e. The Balaban J connectivity index is 1.86. The highest BCUT2D eigenvalue weighted by atomic mass is 35.5. The van der Waals surface area contributed by atoms with Crippen LogP contribution in [0.5, 0.6) is 0 Å². The third-order valence-corrected chi connectivity index (χ3v) is 4.99. The van der Waals surface area contributed by atoms with Gasteiger partial charge in [-0.3, -0.25) is 14.5 Å². The van der Waals surface area contributed by atoms with Gasteiger partial charge in [-0.15, -0.1) is 0 Å². The summed E-state index contributed by atoms with van der Waals surface area (Å²) in [6.45, 7) is 3.15. The van der Waals surface area contributed by atoms with Crippen LogP contribution in [0, 0.1) is 5.92 Å². The van der Waals surface area contributed by atoms with Crippen LogP contribution in [0.4, 0.5) is 10.5 Å². The second-order valence-electron chi connectivity index (χ2n) is 6.02. The van der Waals surface area contributed by atoms with Crippen LogP contribution < -0.4 is 10.2 Å². The molecule has 2 N–H and O–H groups in total. The number of hydrogen-bond acceptors (Lipinski definition) is 3. The largest absolute Gasteiger partial charge is 0.481 e. The average molecular weight is 352 g/mol. The zero-order chi connectivity index (χ0) is 17.4. The zero-order valence-corrected chi connectivity index (χ0v) is 13.9. The van der Waals surface area contributed by atoms with E-state index in [9.17, 15) is 19.5 Å². The highest BCUT2D eigenvalue weighted by Crippen LogP contribution is 2.31. The number of carbonyl (C=O) groups excluding carboxylic acids is 2. The molecule has 2 aliphatic heterocycles. The van der Waals surface area contributed by atoms with Crippen LogP contribution in [0.25, 0.3) is 0 Å². The molecule has 2 saturated heterocycles. The molecule has 1 aromatic carbocycles. The van der Waals surface area contributed by atoms with E-state index in [-0.39, 0.29) is 18.0 Å². The SMILES string of the molecule is CC1C(C(=O)O)CCN1C(=O)c1ccc(Cl)c(N2CCNC2=O)c1. The second kappa shape index (κ2) is 6.32. The summed E-state index contributed by atoms with van der Waals surface area (Å²) in [5.41, 5.74) is 0.881. The van der Waals surface area contributed by atoms with Crippen LogP contribution in [0.15, 0.2) is 18.2 Å². The van der Waals surface area contributed by atoms with E-state index in [1.54, 1.807) is 30.0 Å². The van der Waals surface area contributed by atoms with Gasteiger partial charge in [-0.2, -0.15) is 0 Å². The van der Waals surface area contributed by atoms with E-state index >= 15 is 0 Å². The van der Waals surface area contributed by atoms with Gasteiger partial charge in [0.05, 0.1) is 16.6 Å². The molecule has 0 aromatic heterocycles. The Kier molecular flexibility index (Phi) is 4.36. The van der Waals surface area contributed by atoms with Crippen molar-refractivity contribution in [2.75, 3.05) is 24.5 Å². The number of likely N-dealkylation sites (tertiary alicyclic amines) is 1. The lowest BCUT2D eigenvalue weighted by Gasteiger charge is -2.24. The van der Waals surface area contributed by atoms with E-state index in [0.717, 1.165) is 0 Å². The predicted octanol–water partition coefficient (Wildman–Crippen LogP) is 1.80. The summed E-state index contributed by atoms with van der Waals surface area (Å²) in [5, 5.41) is 12.3. The molecular weight excluding hydrogens is 334 g/mol. The Labute approximate surface area is 144 Å². The molecule has 8 heteroatoms. The van der Waals surface area contributed by atoms with Gasteiger partial charge in [-0.05, 0) is 31.5 Å². The molecule has 1 aromatic rings. The Morgan fingerprint density at radius 1 is 1.33 bits per heavy atom. The Morgan fingerprint density at radius 2 is 2.08 bits per heavy atom. The Morgan fingerprint density at radius 3 is 2.67 bits per heavy atom. The third-order valence-electron chi connectivity index (χ3n) is 4.67. The van der Waals surface area contributed by atoms with Gasteiger partial charge in [0, 0.05) is 31.2 Å². The van der Waals surface area contributed by atoms with Gasteiger partial charge in [0.15, 0.2) is 0 Å². The van der Waals surface area contributed by atoms with Crippen LogP contribution in [-0.4, -0.2) is 53.6 Å². The number of aliphatic carboxylic acids is 1. The number of nitrogens with one attached hydrogen (secondary N) is 1. The van der Waals surface area contributed by atoms with Crippen molar-refractivity contribution < 1.29 is 19.5 Å². The number of carbonyl (C=O) groups is 3. The molecule has 2 atom stereocenters. The summed E-state index contributed by atoms with van der Waals surface area (Å²) in [4.78, 5) is 38.9. The monoisotopic (exact) mass is 351 g/mol. The molecule has 24 heavy (non-hydrogen) atoms. The van der Waals surface area contributed by atoms with Crippen LogP contribution in [-0.2, 0) is 4.79 Å². The minimum Gasteiger partial charge on any atom is -0.481 e. The number of nitrogens with zero attached hydrogens (tertiary/aromatic N) is 2. The molecule has 0 radical (unpaired) electrons. The summed E-state index contributed by atoms with van der Waals surface area (Å²) < 4.78 is 0. The number of carboxylic acids is 1. The molecule has 3 amide bonds. The molecular formula is C16H18ClN3O4. The van der Waals surface area contributed by atoms with Crippen LogP contribution >= 0.6 is 11.6 Å². The molecule has 7 nitrogen and oxygen atoms in total. The van der Waals surface area contributed by atoms with Crippen molar-refractivity contribution in [3.05, 3.63) is 28.8 Å². The third kappa shape index (κ3) is 2.80. The standard InChI is InChI=1S/C16H18ClN3O4/c1-9-11(15(22)23)4-6-19(9)14(21)10-2-3-12(17)13(8-10)20-7-5-18-16(20)24/h2-3,8-9,11H,4-7H2,1H3,(H,18,24)(H,22,23). The van der Waals surface area contributed by atoms with Crippen LogP contribution in [0.1, 0.15) is 23.7 Å². The van der Waals surface area contributed by atoms with E-state index in [1.165, 1.54) is 4.90 Å². The quantitative estimate of drug-likeness (QED) is 0.869. The molecule has 2 unspecified atom stereocenters. The first kappa shape index (κ1) is 16.6. The van der Waals surface area contributed by atoms with Gasteiger partial charge in [0.2, 0.25) is 0 Å². The van der Waals surface area contributed by atoms with Crippen molar-refractivity contribution in [1.82, 2.24) is 10.2 Å². The first-order valence-corrected chi connectivity index (χ1v) is 8.16. The smallest absolute Gasteiger partial charge is 0.322 e. The predicted molar refractivity (Wildman–Crippen MR) is 88.4 cm³/mol. The lowest BCUT2D eigenvalue weighted by molar-refractivity contribution is -0.142. The average Bonchev–Trinajstić information content (AvgIpc) is 3.13. The van der Waals surface area contributed by atoms with Gasteiger partial charge in [0.1, 0.15) is 0 Å². The van der Waals surface area contributed by atoms with Gasteiger partial charge in [-0.1, -0.05) is 11.6 Å². The van der Waals surface area contributed by atoms with E-state index in [0.29, 0.717) is 42.3 Å². The molecule has 2 aliphatic rings. The second-order valence-corrected chi connectivity index (χ2v) is 6.43. The number of rotatable bonds is 3. The van der Waals surface area contributed by atoms with E-state index in [2.05, 4.69) is 5.32 Å². The van der Waals surface area contributed by atoms with E-state index < -0.39 is 11.9 Å². The normalized spacial score (nSPS) is 23.5.